The number of morpholine rings is 1. The van der Waals surface area contributed by atoms with Gasteiger partial charge in [0, 0.05) is 13.1 Å². The molecule has 146 valence electrons. The zero-order chi connectivity index (χ0) is 19.0. The Bertz CT molecular complexity index is 424. The lowest BCUT2D eigenvalue weighted by Gasteiger charge is -2.30. The maximum absolute atomic E-state index is 12.6. The van der Waals surface area contributed by atoms with E-state index >= 15 is 0 Å². The number of aliphatic carboxylic acids is 1. The quantitative estimate of drug-likeness (QED) is 0.640. The van der Waals surface area contributed by atoms with E-state index < -0.39 is 23.4 Å². The van der Waals surface area contributed by atoms with Crippen molar-refractivity contribution in [3.05, 3.63) is 0 Å². The number of ether oxygens (including phenoxy) is 2. The number of carboxylic acids is 1. The van der Waals surface area contributed by atoms with Crippen LogP contribution in [0.3, 0.4) is 0 Å². The molecule has 0 spiro atoms. The number of carboxylic acid groups (broad SMARTS) is 1. The van der Waals surface area contributed by atoms with Crippen LogP contribution in [0.15, 0.2) is 0 Å². The summed E-state index contributed by atoms with van der Waals surface area (Å²) in [5, 5.41) is 9.65. The first-order chi connectivity index (χ1) is 11.6. The molecule has 0 aromatic rings. The topological polar surface area (TPSA) is 76.1 Å². The van der Waals surface area contributed by atoms with Crippen molar-refractivity contribution < 1.29 is 24.2 Å². The van der Waals surface area contributed by atoms with Crippen molar-refractivity contribution in [3.8, 4) is 0 Å². The van der Waals surface area contributed by atoms with Crippen molar-refractivity contribution in [2.45, 2.75) is 59.5 Å². The minimum Gasteiger partial charge on any atom is -0.481 e. The van der Waals surface area contributed by atoms with E-state index in [1.165, 1.54) is 0 Å². The number of carbonyl (C=O) groups excluding carboxylic acids is 1. The summed E-state index contributed by atoms with van der Waals surface area (Å²) < 4.78 is 10.9. The van der Waals surface area contributed by atoms with Gasteiger partial charge in [0.15, 0.2) is 0 Å². The standard InChI is InChI=1S/C19H35NO5/c1-14(2)13-16(17(21)22)15(18(23)25-19(3,4)5)7-6-8-20-9-11-24-12-10-20/h14-16H,6-13H2,1-5H3,(H,21,22)/t15?,16-/m1/s1. The summed E-state index contributed by atoms with van der Waals surface area (Å²) in [4.78, 5) is 26.7. The van der Waals surface area contributed by atoms with E-state index in [9.17, 15) is 14.7 Å². The number of hydrogen-bond donors (Lipinski definition) is 1. The summed E-state index contributed by atoms with van der Waals surface area (Å²) in [6.07, 6.45) is 1.80. The second-order valence-electron chi connectivity index (χ2n) is 8.31. The number of esters is 1. The Kier molecular flexibility index (Phi) is 8.86. The molecule has 1 heterocycles. The molecule has 0 aliphatic carbocycles. The molecule has 2 atom stereocenters. The zero-order valence-corrected chi connectivity index (χ0v) is 16.4. The SMILES string of the molecule is CC(C)C[C@@H](C(=O)O)C(CCCN1CCOCC1)C(=O)OC(C)(C)C. The normalized spacial score (nSPS) is 18.8. The summed E-state index contributed by atoms with van der Waals surface area (Å²) in [6.45, 7) is 13.5. The molecule has 0 bridgehead atoms. The lowest BCUT2D eigenvalue weighted by atomic mass is 9.82. The molecule has 1 N–H and O–H groups in total. The molecule has 0 saturated carbocycles. The predicted octanol–water partition coefficient (Wildman–Crippen LogP) is 2.80. The van der Waals surface area contributed by atoms with Crippen LogP contribution < -0.4 is 0 Å². The average Bonchev–Trinajstić information content (AvgIpc) is 2.48. The molecular weight excluding hydrogens is 322 g/mol. The van der Waals surface area contributed by atoms with E-state index in [0.717, 1.165) is 39.3 Å². The summed E-state index contributed by atoms with van der Waals surface area (Å²) in [5.74, 6) is -2.37. The highest BCUT2D eigenvalue weighted by Gasteiger charge is 2.36. The molecule has 1 fully saturated rings. The summed E-state index contributed by atoms with van der Waals surface area (Å²) >= 11 is 0. The van der Waals surface area contributed by atoms with E-state index in [-0.39, 0.29) is 11.9 Å². The van der Waals surface area contributed by atoms with Gasteiger partial charge < -0.3 is 14.6 Å². The van der Waals surface area contributed by atoms with Crippen molar-refractivity contribution in [2.75, 3.05) is 32.8 Å². The predicted molar refractivity (Wildman–Crippen MR) is 96.4 cm³/mol. The molecule has 0 aromatic heterocycles. The van der Waals surface area contributed by atoms with Crippen molar-refractivity contribution >= 4 is 11.9 Å². The van der Waals surface area contributed by atoms with Crippen LogP contribution in [0.5, 0.6) is 0 Å². The van der Waals surface area contributed by atoms with E-state index in [1.807, 2.05) is 34.6 Å². The Hall–Kier alpha value is -1.14. The minimum absolute atomic E-state index is 0.213. The van der Waals surface area contributed by atoms with Crippen LogP contribution in [-0.4, -0.2) is 60.4 Å². The van der Waals surface area contributed by atoms with Crippen molar-refractivity contribution in [3.63, 3.8) is 0 Å². The molecule has 0 aromatic carbocycles. The van der Waals surface area contributed by atoms with E-state index in [0.29, 0.717) is 12.8 Å². The summed E-state index contributed by atoms with van der Waals surface area (Å²) in [6, 6.07) is 0. The van der Waals surface area contributed by atoms with Gasteiger partial charge in [-0.3, -0.25) is 14.5 Å². The van der Waals surface area contributed by atoms with E-state index in [4.69, 9.17) is 9.47 Å². The molecule has 25 heavy (non-hydrogen) atoms. The van der Waals surface area contributed by atoms with E-state index in [2.05, 4.69) is 4.90 Å². The van der Waals surface area contributed by atoms with Gasteiger partial charge in [0.1, 0.15) is 5.60 Å². The highest BCUT2D eigenvalue weighted by Crippen LogP contribution is 2.28. The van der Waals surface area contributed by atoms with E-state index in [1.54, 1.807) is 0 Å². The van der Waals surface area contributed by atoms with Crippen LogP contribution in [0.2, 0.25) is 0 Å². The van der Waals surface area contributed by atoms with Crippen molar-refractivity contribution in [2.24, 2.45) is 17.8 Å². The first-order valence-corrected chi connectivity index (χ1v) is 9.36. The Morgan fingerprint density at radius 2 is 1.76 bits per heavy atom. The Morgan fingerprint density at radius 3 is 2.24 bits per heavy atom. The zero-order valence-electron chi connectivity index (χ0n) is 16.4. The van der Waals surface area contributed by atoms with Gasteiger partial charge in [0.05, 0.1) is 25.0 Å². The van der Waals surface area contributed by atoms with Crippen molar-refractivity contribution in [1.82, 2.24) is 4.90 Å². The number of nitrogens with zero attached hydrogens (tertiary/aromatic N) is 1. The van der Waals surface area contributed by atoms with Crippen LogP contribution in [-0.2, 0) is 19.1 Å². The third-order valence-corrected chi connectivity index (χ3v) is 4.33. The summed E-state index contributed by atoms with van der Waals surface area (Å²) in [7, 11) is 0. The molecule has 1 aliphatic heterocycles. The van der Waals surface area contributed by atoms with Gasteiger partial charge in [-0.15, -0.1) is 0 Å². The molecule has 1 unspecified atom stereocenters. The Morgan fingerprint density at radius 1 is 1.16 bits per heavy atom. The lowest BCUT2D eigenvalue weighted by molar-refractivity contribution is -0.167. The van der Waals surface area contributed by atoms with Gasteiger partial charge in [-0.05, 0) is 52.5 Å². The molecule has 1 aliphatic rings. The third-order valence-electron chi connectivity index (χ3n) is 4.33. The highest BCUT2D eigenvalue weighted by atomic mass is 16.6. The largest absolute Gasteiger partial charge is 0.481 e. The fraction of sp³-hybridized carbons (Fsp3) is 0.895. The number of carbonyl (C=O) groups is 2. The molecule has 6 heteroatoms. The molecule has 6 nitrogen and oxygen atoms in total. The fourth-order valence-electron chi connectivity index (χ4n) is 3.17. The van der Waals surface area contributed by atoms with Gasteiger partial charge >= 0.3 is 11.9 Å². The van der Waals surface area contributed by atoms with Crippen molar-refractivity contribution in [1.29, 1.82) is 0 Å². The number of rotatable bonds is 9. The Labute approximate surface area is 151 Å². The Balaban J connectivity index is 2.74. The molecule has 1 saturated heterocycles. The molecule has 0 amide bonds. The van der Waals surface area contributed by atoms with Gasteiger partial charge in [-0.25, -0.2) is 0 Å². The number of hydrogen-bond acceptors (Lipinski definition) is 5. The average molecular weight is 357 g/mol. The van der Waals surface area contributed by atoms with Crippen LogP contribution >= 0.6 is 0 Å². The summed E-state index contributed by atoms with van der Waals surface area (Å²) in [5.41, 5.74) is -0.611. The molecular formula is C19H35NO5. The van der Waals surface area contributed by atoms with Crippen LogP contribution in [0.1, 0.15) is 53.9 Å². The molecule has 1 rings (SSSR count). The molecule has 0 radical (unpaired) electrons. The van der Waals surface area contributed by atoms with Gasteiger partial charge in [0.2, 0.25) is 0 Å². The second-order valence-corrected chi connectivity index (χ2v) is 8.31. The van der Waals surface area contributed by atoms with Crippen LogP contribution in [0.25, 0.3) is 0 Å². The second kappa shape index (κ2) is 10.1. The maximum Gasteiger partial charge on any atom is 0.310 e. The maximum atomic E-state index is 12.6. The first kappa shape index (κ1) is 21.9. The van der Waals surface area contributed by atoms with Crippen LogP contribution in [0, 0.1) is 17.8 Å². The minimum atomic E-state index is -0.907. The van der Waals surface area contributed by atoms with Gasteiger partial charge in [0.25, 0.3) is 0 Å². The van der Waals surface area contributed by atoms with Crippen LogP contribution in [0.4, 0.5) is 0 Å². The highest BCUT2D eigenvalue weighted by molar-refractivity contribution is 5.81. The third kappa shape index (κ3) is 8.68. The van der Waals surface area contributed by atoms with Gasteiger partial charge in [-0.2, -0.15) is 0 Å². The lowest BCUT2D eigenvalue weighted by Crippen LogP contribution is -2.39. The monoisotopic (exact) mass is 357 g/mol. The fourth-order valence-corrected chi connectivity index (χ4v) is 3.17. The first-order valence-electron chi connectivity index (χ1n) is 9.36. The van der Waals surface area contributed by atoms with Gasteiger partial charge in [-0.1, -0.05) is 13.8 Å². The smallest absolute Gasteiger partial charge is 0.310 e.